The van der Waals surface area contributed by atoms with Crippen molar-refractivity contribution in [3.63, 3.8) is 0 Å². The number of primary amides is 1. The molecule has 35 heavy (non-hydrogen) atoms. The quantitative estimate of drug-likeness (QED) is 0.523. The highest BCUT2D eigenvalue weighted by molar-refractivity contribution is 7.94. The number of aromatic nitrogens is 2. The number of piperidine rings is 1. The van der Waals surface area contributed by atoms with Crippen molar-refractivity contribution in [2.75, 3.05) is 50.5 Å². The van der Waals surface area contributed by atoms with Gasteiger partial charge in [-0.3, -0.25) is 4.79 Å². The van der Waals surface area contributed by atoms with Crippen LogP contribution in [0.25, 0.3) is 22.2 Å². The number of morpholine rings is 1. The second kappa shape index (κ2) is 9.69. The Balaban J connectivity index is 1.50. The molecule has 0 aliphatic carbocycles. The molecule has 1 aromatic carbocycles. The third-order valence-electron chi connectivity index (χ3n) is 7.00. The number of fused-ring (bicyclic) bond motifs is 1. The van der Waals surface area contributed by atoms with E-state index in [0.717, 1.165) is 60.5 Å². The van der Waals surface area contributed by atoms with Crippen LogP contribution in [0.1, 0.15) is 23.2 Å². The number of carbonyl (C=O) groups is 1. The van der Waals surface area contributed by atoms with Crippen molar-refractivity contribution in [1.29, 1.82) is 0 Å². The summed E-state index contributed by atoms with van der Waals surface area (Å²) in [5, 5.41) is 1.08. The van der Waals surface area contributed by atoms with Gasteiger partial charge in [0.2, 0.25) is 5.91 Å². The molecule has 9 nitrogen and oxygen atoms in total. The zero-order valence-corrected chi connectivity index (χ0v) is 20.7. The molecule has 5 rings (SSSR count). The molecule has 1 amide bonds. The smallest absolute Gasteiger partial charge is 0.248 e. The number of amides is 1. The van der Waals surface area contributed by atoms with Crippen LogP contribution in [0.4, 0.5) is 5.82 Å². The normalized spacial score (nSPS) is 19.7. The van der Waals surface area contributed by atoms with Crippen LogP contribution in [-0.2, 0) is 25.9 Å². The third kappa shape index (κ3) is 5.11. The molecule has 2 fully saturated rings. The first kappa shape index (κ1) is 23.9. The first-order valence-electron chi connectivity index (χ1n) is 12.0. The van der Waals surface area contributed by atoms with Gasteiger partial charge in [-0.15, -0.1) is 4.31 Å². The van der Waals surface area contributed by atoms with Gasteiger partial charge in [-0.05, 0) is 43.0 Å². The third-order valence-corrected chi connectivity index (χ3v) is 8.30. The first-order chi connectivity index (χ1) is 16.8. The summed E-state index contributed by atoms with van der Waals surface area (Å²) in [5.41, 5.74) is 8.67. The van der Waals surface area contributed by atoms with Crippen molar-refractivity contribution in [3.05, 3.63) is 48.2 Å². The maximum atomic E-state index is 11.9. The number of nitrogens with zero attached hydrogens (tertiary/aromatic N) is 4. The molecule has 2 aromatic heterocycles. The highest BCUT2D eigenvalue weighted by Crippen LogP contribution is 2.33. The lowest BCUT2D eigenvalue weighted by Gasteiger charge is -2.32. The van der Waals surface area contributed by atoms with Crippen molar-refractivity contribution >= 4 is 33.0 Å². The zero-order valence-electron chi connectivity index (χ0n) is 19.9. The maximum absolute atomic E-state index is 11.9. The number of hydrogen-bond donors (Lipinski definition) is 1. The monoisotopic (exact) mass is 497 g/mol. The lowest BCUT2D eigenvalue weighted by molar-refractivity contribution is 0.1000. The minimum atomic E-state index is -3.14. The minimum Gasteiger partial charge on any atom is -0.598 e. The minimum absolute atomic E-state index is 0.394. The summed E-state index contributed by atoms with van der Waals surface area (Å²) < 4.78 is 33.1. The van der Waals surface area contributed by atoms with Gasteiger partial charge in [0.25, 0.3) is 0 Å². The number of anilines is 1. The summed E-state index contributed by atoms with van der Waals surface area (Å²) in [5.74, 6) is 0.839. The molecule has 186 valence electrons. The number of rotatable bonds is 6. The van der Waals surface area contributed by atoms with Gasteiger partial charge in [-0.1, -0.05) is 16.3 Å². The van der Waals surface area contributed by atoms with E-state index in [1.807, 2.05) is 12.1 Å². The molecule has 1 unspecified atom stereocenters. The number of carbonyl (C=O) groups excluding carboxylic acids is 1. The summed E-state index contributed by atoms with van der Waals surface area (Å²) in [7, 11) is -3.14. The van der Waals surface area contributed by atoms with Crippen molar-refractivity contribution in [2.24, 2.45) is 11.7 Å². The van der Waals surface area contributed by atoms with Crippen LogP contribution < -0.4 is 10.6 Å². The van der Waals surface area contributed by atoms with Crippen LogP contribution in [0, 0.1) is 5.92 Å². The summed E-state index contributed by atoms with van der Waals surface area (Å²) in [4.78, 5) is 19.0. The lowest BCUT2D eigenvalue weighted by Crippen LogP contribution is -2.41. The largest absolute Gasteiger partial charge is 0.598 e. The molecule has 3 aromatic rings. The molecular formula is C25H31N5O4S. The molecule has 1 atom stereocenters. The van der Waals surface area contributed by atoms with Crippen LogP contribution in [0.5, 0.6) is 0 Å². The number of sulfonamides is 1. The Morgan fingerprint density at radius 2 is 1.91 bits per heavy atom. The SMILES string of the molecule is C[S+](=O)([O-])N1CCC(Cn2ccc3c(N4CCOCC4)nc(-c4cccc(C(N)=O)c4)cc32)CC1. The molecule has 2 N–H and O–H groups in total. The fourth-order valence-electron chi connectivity index (χ4n) is 5.03. The molecule has 2 aliphatic rings. The molecule has 10 heteroatoms. The van der Waals surface area contributed by atoms with Gasteiger partial charge in [0.05, 0.1) is 24.4 Å². The van der Waals surface area contributed by atoms with Crippen molar-refractivity contribution in [2.45, 2.75) is 19.4 Å². The van der Waals surface area contributed by atoms with E-state index in [1.54, 1.807) is 16.4 Å². The Bertz CT molecular complexity index is 1270. The van der Waals surface area contributed by atoms with Gasteiger partial charge in [0, 0.05) is 55.4 Å². The standard InChI is InChI=1S/C25H31N5O4S/c1-35(32,33)30-9-5-18(6-10-30)17-29-8-7-21-23(29)16-22(19-3-2-4-20(15-19)24(26)31)27-25(21)28-11-13-34-14-12-28/h2-4,7-8,15-16,18H,5-6,9-14,17H2,1H3,(H2-,26,31,32,33). The first-order valence-corrected chi connectivity index (χ1v) is 13.8. The Hall–Kier alpha value is -2.79. The maximum Gasteiger partial charge on any atom is 0.248 e. The van der Waals surface area contributed by atoms with E-state index >= 15 is 0 Å². The highest BCUT2D eigenvalue weighted by atomic mass is 32.3. The summed E-state index contributed by atoms with van der Waals surface area (Å²) in [6.45, 7) is 4.79. The topological polar surface area (TPSA) is 117 Å². The van der Waals surface area contributed by atoms with Gasteiger partial charge < -0.3 is 24.5 Å². The number of benzene rings is 1. The summed E-state index contributed by atoms with van der Waals surface area (Å²) in [6.07, 6.45) is 5.05. The zero-order chi connectivity index (χ0) is 24.6. The van der Waals surface area contributed by atoms with Gasteiger partial charge in [0.1, 0.15) is 22.5 Å². The van der Waals surface area contributed by atoms with E-state index in [9.17, 15) is 13.6 Å². The average molecular weight is 498 g/mol. The predicted octanol–water partition coefficient (Wildman–Crippen LogP) is 2.53. The van der Waals surface area contributed by atoms with E-state index < -0.39 is 16.3 Å². The van der Waals surface area contributed by atoms with Crippen LogP contribution in [0.15, 0.2) is 42.6 Å². The van der Waals surface area contributed by atoms with Crippen molar-refractivity contribution < 1.29 is 18.3 Å². The van der Waals surface area contributed by atoms with Crippen LogP contribution in [0.2, 0.25) is 0 Å². The van der Waals surface area contributed by atoms with E-state index in [0.29, 0.717) is 37.8 Å². The van der Waals surface area contributed by atoms with Crippen molar-refractivity contribution in [1.82, 2.24) is 13.9 Å². The Morgan fingerprint density at radius 3 is 2.60 bits per heavy atom. The summed E-state index contributed by atoms with van der Waals surface area (Å²) >= 11 is 0. The van der Waals surface area contributed by atoms with E-state index in [2.05, 4.69) is 27.8 Å². The number of hydrogen-bond acceptors (Lipinski definition) is 6. The lowest BCUT2D eigenvalue weighted by atomic mass is 9.98. The Kier molecular flexibility index (Phi) is 6.63. The highest BCUT2D eigenvalue weighted by Gasteiger charge is 2.29. The number of ether oxygens (including phenoxy) is 1. The van der Waals surface area contributed by atoms with Gasteiger partial charge in [0.15, 0.2) is 0 Å². The fourth-order valence-corrected chi connectivity index (χ4v) is 5.90. The molecule has 0 saturated carbocycles. The summed E-state index contributed by atoms with van der Waals surface area (Å²) in [6, 6.07) is 11.4. The van der Waals surface area contributed by atoms with Crippen LogP contribution in [0.3, 0.4) is 0 Å². The molecule has 2 aliphatic heterocycles. The van der Waals surface area contributed by atoms with E-state index in [-0.39, 0.29) is 0 Å². The Labute approximate surface area is 206 Å². The van der Waals surface area contributed by atoms with Gasteiger partial charge in [-0.2, -0.15) is 0 Å². The van der Waals surface area contributed by atoms with Gasteiger partial charge >= 0.3 is 0 Å². The molecule has 0 radical (unpaired) electrons. The fraction of sp³-hybridized carbons (Fsp3) is 0.440. The number of nitrogens with two attached hydrogens (primary N) is 1. The average Bonchev–Trinajstić information content (AvgIpc) is 3.26. The van der Waals surface area contributed by atoms with Crippen molar-refractivity contribution in [3.8, 4) is 11.3 Å². The van der Waals surface area contributed by atoms with E-state index in [4.69, 9.17) is 15.5 Å². The predicted molar refractivity (Wildman–Crippen MR) is 136 cm³/mol. The molecule has 0 spiro atoms. The molecule has 2 saturated heterocycles. The second-order valence-electron chi connectivity index (χ2n) is 9.38. The van der Waals surface area contributed by atoms with Crippen LogP contribution >= 0.6 is 0 Å². The van der Waals surface area contributed by atoms with Crippen LogP contribution in [-0.4, -0.2) is 70.0 Å². The molecular weight excluding hydrogens is 466 g/mol. The van der Waals surface area contributed by atoms with Gasteiger partial charge in [-0.25, -0.2) is 4.98 Å². The Morgan fingerprint density at radius 1 is 1.17 bits per heavy atom. The van der Waals surface area contributed by atoms with E-state index in [1.165, 1.54) is 6.26 Å². The molecule has 0 bridgehead atoms. The second-order valence-corrected chi connectivity index (χ2v) is 11.4. The molecule has 4 heterocycles. The number of pyridine rings is 1.